The standard InChI is InChI=1S/C36H42O19/c1-15(50-23(39)8-5-16-3-6-17(7-4-16)51-34-29(44)27(42)25(40)21(12-37)52-34)19-11-36(55-32(19)47)10-9-18-20(31(46)48-2)14-49-33(24(18)36)54-35-30(45)28(43)26(41)22(13-38)53-35/h3-11,14-15,18,21-22,24-30,33-35,37-38,40-45H,12-13H2,1-2H3/b8-5+/t15-,18+,21?,22?,24+,25?,26?,27?,28?,29?,30?,33-,34?,35?,36+/m0/s1. The molecule has 19 heteroatoms. The fraction of sp³-hybridized carbons (Fsp3) is 0.528. The third-order valence-corrected chi connectivity index (χ3v) is 10.0. The fourth-order valence-corrected chi connectivity index (χ4v) is 6.96. The van der Waals surface area contributed by atoms with E-state index in [2.05, 4.69) is 0 Å². The number of carbonyl (C=O) groups is 3. The molecule has 0 bridgehead atoms. The molecule has 1 aromatic rings. The van der Waals surface area contributed by atoms with Crippen LogP contribution in [0.1, 0.15) is 12.5 Å². The van der Waals surface area contributed by atoms with Crippen LogP contribution in [-0.4, -0.2) is 158 Å². The summed E-state index contributed by atoms with van der Waals surface area (Å²) in [5.41, 5.74) is -1.12. The number of esters is 3. The van der Waals surface area contributed by atoms with Crippen molar-refractivity contribution < 1.29 is 93.1 Å². The van der Waals surface area contributed by atoms with E-state index in [1.54, 1.807) is 18.2 Å². The molecule has 19 nitrogen and oxygen atoms in total. The van der Waals surface area contributed by atoms with E-state index in [0.717, 1.165) is 12.3 Å². The molecule has 0 amide bonds. The first-order chi connectivity index (χ1) is 26.2. The van der Waals surface area contributed by atoms with Gasteiger partial charge in [-0.05, 0) is 42.8 Å². The molecule has 10 unspecified atom stereocenters. The number of hydrogen-bond donors (Lipinski definition) is 8. The van der Waals surface area contributed by atoms with Gasteiger partial charge in [0.15, 0.2) is 11.9 Å². The number of carbonyl (C=O) groups excluding carboxylic acids is 3. The lowest BCUT2D eigenvalue weighted by Gasteiger charge is -2.44. The Bertz CT molecular complexity index is 1700. The zero-order valence-electron chi connectivity index (χ0n) is 29.3. The summed E-state index contributed by atoms with van der Waals surface area (Å²) in [4.78, 5) is 38.8. The lowest BCUT2D eigenvalue weighted by molar-refractivity contribution is -0.344. The first kappa shape index (κ1) is 40.4. The Balaban J connectivity index is 1.13. The lowest BCUT2D eigenvalue weighted by Crippen LogP contribution is -2.60. The van der Waals surface area contributed by atoms with Crippen LogP contribution in [0.15, 0.2) is 66.0 Å². The van der Waals surface area contributed by atoms with Crippen LogP contribution < -0.4 is 4.74 Å². The molecule has 300 valence electrons. The average molecular weight is 779 g/mol. The van der Waals surface area contributed by atoms with Crippen LogP contribution in [0.25, 0.3) is 6.08 Å². The normalized spacial score (nSPS) is 38.8. The minimum absolute atomic E-state index is 0.0465. The highest BCUT2D eigenvalue weighted by atomic mass is 16.8. The maximum atomic E-state index is 13.3. The summed E-state index contributed by atoms with van der Waals surface area (Å²) in [5, 5.41) is 80.2. The number of ether oxygens (including phenoxy) is 8. The molecule has 1 spiro atoms. The molecule has 1 aliphatic carbocycles. The SMILES string of the molecule is COC(=O)C1=CO[C@@H](OC2OC(CO)C(O)C(O)C2O)[C@H]2[C@@H]1C=C[C@@]21C=C([C@H](C)OC(=O)/C=C/c2ccc(OC3OC(CO)C(O)C(O)C3O)cc2)C(=O)O1. The fourth-order valence-electron chi connectivity index (χ4n) is 6.96. The van der Waals surface area contributed by atoms with E-state index in [0.29, 0.717) is 5.56 Å². The zero-order valence-corrected chi connectivity index (χ0v) is 29.3. The summed E-state index contributed by atoms with van der Waals surface area (Å²) in [5.74, 6) is -4.10. The number of benzene rings is 1. The molecule has 15 atom stereocenters. The van der Waals surface area contributed by atoms with Gasteiger partial charge in [0.2, 0.25) is 12.6 Å². The number of hydrogen-bond acceptors (Lipinski definition) is 19. The quantitative estimate of drug-likeness (QED) is 0.0483. The van der Waals surface area contributed by atoms with Crippen molar-refractivity contribution in [1.29, 1.82) is 0 Å². The molecular weight excluding hydrogens is 736 g/mol. The number of allylic oxidation sites excluding steroid dienone is 1. The molecule has 5 aliphatic rings. The maximum Gasteiger partial charge on any atom is 0.338 e. The van der Waals surface area contributed by atoms with E-state index in [1.807, 2.05) is 0 Å². The maximum absolute atomic E-state index is 13.3. The molecule has 0 radical (unpaired) electrons. The molecule has 55 heavy (non-hydrogen) atoms. The number of aliphatic hydroxyl groups excluding tert-OH is 8. The highest BCUT2D eigenvalue weighted by molar-refractivity contribution is 5.95. The van der Waals surface area contributed by atoms with E-state index in [-0.39, 0.29) is 16.9 Å². The van der Waals surface area contributed by atoms with E-state index in [4.69, 9.17) is 37.9 Å². The van der Waals surface area contributed by atoms with Crippen LogP contribution >= 0.6 is 0 Å². The third kappa shape index (κ3) is 7.91. The summed E-state index contributed by atoms with van der Waals surface area (Å²) in [6.45, 7) is 0.110. The Morgan fingerprint density at radius 1 is 0.873 bits per heavy atom. The van der Waals surface area contributed by atoms with Crippen molar-refractivity contribution in [3.63, 3.8) is 0 Å². The van der Waals surface area contributed by atoms with E-state index in [1.165, 1.54) is 44.4 Å². The molecule has 2 saturated heterocycles. The van der Waals surface area contributed by atoms with Crippen molar-refractivity contribution in [2.24, 2.45) is 11.8 Å². The van der Waals surface area contributed by atoms with Crippen LogP contribution in [-0.2, 0) is 47.5 Å². The van der Waals surface area contributed by atoms with Gasteiger partial charge in [-0.25, -0.2) is 14.4 Å². The third-order valence-electron chi connectivity index (χ3n) is 10.0. The Hall–Kier alpha value is -4.25. The number of fused-ring (bicyclic) bond motifs is 2. The van der Waals surface area contributed by atoms with Gasteiger partial charge in [-0.2, -0.15) is 0 Å². The second kappa shape index (κ2) is 16.5. The summed E-state index contributed by atoms with van der Waals surface area (Å²) in [6, 6.07) is 6.09. The van der Waals surface area contributed by atoms with Gasteiger partial charge in [0, 0.05) is 12.0 Å². The van der Waals surface area contributed by atoms with E-state index >= 15 is 0 Å². The average Bonchev–Trinajstić information content (AvgIpc) is 3.73. The summed E-state index contributed by atoms with van der Waals surface area (Å²) in [6.07, 6.45) is -9.86. The topological polar surface area (TPSA) is 287 Å². The minimum Gasteiger partial charge on any atom is -0.471 e. The van der Waals surface area contributed by atoms with Gasteiger partial charge >= 0.3 is 17.9 Å². The predicted molar refractivity (Wildman–Crippen MR) is 178 cm³/mol. The molecule has 0 aromatic heterocycles. The number of aliphatic hydroxyl groups is 8. The molecule has 2 fully saturated rings. The van der Waals surface area contributed by atoms with Crippen molar-refractivity contribution in [2.75, 3.05) is 20.3 Å². The first-order valence-corrected chi connectivity index (χ1v) is 17.2. The van der Waals surface area contributed by atoms with Gasteiger partial charge in [0.05, 0.1) is 43.6 Å². The zero-order chi connectivity index (χ0) is 39.8. The number of rotatable bonds is 11. The van der Waals surface area contributed by atoms with Crippen molar-refractivity contribution in [1.82, 2.24) is 0 Å². The summed E-state index contributed by atoms with van der Waals surface area (Å²) in [7, 11) is 1.17. The highest BCUT2D eigenvalue weighted by Gasteiger charge is 2.60. The Morgan fingerprint density at radius 2 is 1.49 bits per heavy atom. The second-order valence-corrected chi connectivity index (χ2v) is 13.5. The van der Waals surface area contributed by atoms with E-state index < -0.39 is 122 Å². The molecule has 6 rings (SSSR count). The molecular formula is C36H42O19. The largest absolute Gasteiger partial charge is 0.471 e. The summed E-state index contributed by atoms with van der Waals surface area (Å²) >= 11 is 0. The van der Waals surface area contributed by atoms with Gasteiger partial charge in [-0.15, -0.1) is 0 Å². The monoisotopic (exact) mass is 778 g/mol. The van der Waals surface area contributed by atoms with Gasteiger partial charge in [-0.3, -0.25) is 0 Å². The van der Waals surface area contributed by atoms with Crippen molar-refractivity contribution in [3.8, 4) is 5.75 Å². The highest BCUT2D eigenvalue weighted by Crippen LogP contribution is 2.51. The molecule has 4 heterocycles. The Labute approximate surface area is 312 Å². The van der Waals surface area contributed by atoms with Crippen LogP contribution in [0.2, 0.25) is 0 Å². The molecule has 1 aromatic carbocycles. The Morgan fingerprint density at radius 3 is 2.11 bits per heavy atom. The van der Waals surface area contributed by atoms with Gasteiger partial charge in [0.25, 0.3) is 0 Å². The second-order valence-electron chi connectivity index (χ2n) is 13.5. The predicted octanol–water partition coefficient (Wildman–Crippen LogP) is -2.94. The van der Waals surface area contributed by atoms with Crippen molar-refractivity contribution in [3.05, 3.63) is 71.5 Å². The smallest absolute Gasteiger partial charge is 0.338 e. The van der Waals surface area contributed by atoms with Gasteiger partial charge in [0.1, 0.15) is 60.7 Å². The van der Waals surface area contributed by atoms with Crippen LogP contribution in [0, 0.1) is 11.8 Å². The van der Waals surface area contributed by atoms with Crippen molar-refractivity contribution in [2.45, 2.75) is 86.3 Å². The molecule has 8 N–H and O–H groups in total. The van der Waals surface area contributed by atoms with Gasteiger partial charge < -0.3 is 78.7 Å². The first-order valence-electron chi connectivity index (χ1n) is 17.2. The molecule has 0 saturated carbocycles. The van der Waals surface area contributed by atoms with Crippen LogP contribution in [0.3, 0.4) is 0 Å². The van der Waals surface area contributed by atoms with Crippen molar-refractivity contribution >= 4 is 24.0 Å². The lowest BCUT2D eigenvalue weighted by atomic mass is 9.78. The van der Waals surface area contributed by atoms with Crippen LogP contribution in [0.5, 0.6) is 5.75 Å². The van der Waals surface area contributed by atoms with Crippen LogP contribution in [0.4, 0.5) is 0 Å². The molecule has 4 aliphatic heterocycles. The van der Waals surface area contributed by atoms with E-state index in [9.17, 15) is 55.2 Å². The Kier molecular flexibility index (Phi) is 12.1. The van der Waals surface area contributed by atoms with Gasteiger partial charge in [-0.1, -0.05) is 18.2 Å². The minimum atomic E-state index is -1.79. The summed E-state index contributed by atoms with van der Waals surface area (Å²) < 4.78 is 44.3. The number of methoxy groups -OCH3 is 1.